The maximum atomic E-state index is 12.4. The smallest absolute Gasteiger partial charge is 0.273 e. The second-order valence-electron chi connectivity index (χ2n) is 5.63. The standard InChI is InChI=1S/C17H14N4O5S2/c1-11-14(3-2-4-15(11)21(23)24)16(22)19-12-5-7-13(8-6-12)28(25,26)20-17-18-9-10-27-17/h2-10H,1H3,(H,18,20)(H,19,22). The second-order valence-corrected chi connectivity index (χ2v) is 8.21. The lowest BCUT2D eigenvalue weighted by atomic mass is 10.1. The Morgan fingerprint density at radius 1 is 1.18 bits per heavy atom. The van der Waals surface area contributed by atoms with Crippen molar-refractivity contribution in [2.24, 2.45) is 0 Å². The SMILES string of the molecule is Cc1c(C(=O)Nc2ccc(S(=O)(=O)Nc3nccs3)cc2)cccc1[N+](=O)[O-]. The van der Waals surface area contributed by atoms with Gasteiger partial charge in [0.2, 0.25) is 0 Å². The van der Waals surface area contributed by atoms with Gasteiger partial charge in [0.1, 0.15) is 0 Å². The lowest BCUT2D eigenvalue weighted by molar-refractivity contribution is -0.385. The Morgan fingerprint density at radius 3 is 2.50 bits per heavy atom. The van der Waals surface area contributed by atoms with Crippen molar-refractivity contribution in [1.82, 2.24) is 4.98 Å². The molecule has 0 radical (unpaired) electrons. The summed E-state index contributed by atoms with van der Waals surface area (Å²) in [4.78, 5) is 26.8. The van der Waals surface area contributed by atoms with Gasteiger partial charge < -0.3 is 5.32 Å². The number of sulfonamides is 1. The number of hydrogen-bond acceptors (Lipinski definition) is 7. The first kappa shape index (κ1) is 19.5. The summed E-state index contributed by atoms with van der Waals surface area (Å²) in [6, 6.07) is 9.77. The summed E-state index contributed by atoms with van der Waals surface area (Å²) in [6.07, 6.45) is 1.48. The molecule has 0 aliphatic carbocycles. The van der Waals surface area contributed by atoms with Crippen molar-refractivity contribution in [2.45, 2.75) is 11.8 Å². The minimum absolute atomic E-state index is 0.00669. The van der Waals surface area contributed by atoms with E-state index in [2.05, 4.69) is 15.0 Å². The van der Waals surface area contributed by atoms with E-state index in [-0.39, 0.29) is 26.8 Å². The van der Waals surface area contributed by atoms with Gasteiger partial charge >= 0.3 is 0 Å². The van der Waals surface area contributed by atoms with Gasteiger partial charge in [-0.05, 0) is 37.3 Å². The summed E-state index contributed by atoms with van der Waals surface area (Å²) in [5, 5.41) is 15.5. The number of carbonyl (C=O) groups is 1. The summed E-state index contributed by atoms with van der Waals surface area (Å²) < 4.78 is 27.0. The molecule has 3 aromatic rings. The molecule has 0 unspecified atom stereocenters. The molecule has 0 fully saturated rings. The zero-order valence-corrected chi connectivity index (χ0v) is 16.1. The highest BCUT2D eigenvalue weighted by Gasteiger charge is 2.19. The van der Waals surface area contributed by atoms with Gasteiger partial charge in [0.25, 0.3) is 21.6 Å². The summed E-state index contributed by atoms with van der Waals surface area (Å²) in [7, 11) is -3.79. The molecule has 0 saturated heterocycles. The van der Waals surface area contributed by atoms with Gasteiger partial charge in [-0.2, -0.15) is 0 Å². The molecular weight excluding hydrogens is 404 g/mol. The molecule has 0 atom stereocenters. The van der Waals surface area contributed by atoms with Crippen molar-refractivity contribution in [3.63, 3.8) is 0 Å². The van der Waals surface area contributed by atoms with Crippen molar-refractivity contribution in [3.05, 3.63) is 75.3 Å². The molecule has 1 amide bonds. The van der Waals surface area contributed by atoms with Crippen LogP contribution in [0.25, 0.3) is 0 Å². The number of aromatic nitrogens is 1. The molecule has 2 N–H and O–H groups in total. The first-order valence-corrected chi connectivity index (χ1v) is 10.2. The molecule has 0 bridgehead atoms. The van der Waals surface area contributed by atoms with Crippen LogP contribution in [-0.2, 0) is 10.0 Å². The Hall–Kier alpha value is -3.31. The molecule has 0 spiro atoms. The number of benzene rings is 2. The van der Waals surface area contributed by atoms with Gasteiger partial charge in [-0.3, -0.25) is 19.6 Å². The summed E-state index contributed by atoms with van der Waals surface area (Å²) in [5.74, 6) is -0.530. The molecule has 144 valence electrons. The first-order chi connectivity index (χ1) is 13.3. The molecule has 0 saturated carbocycles. The third-order valence-corrected chi connectivity index (χ3v) is 6.00. The molecule has 0 aliphatic heterocycles. The molecular formula is C17H14N4O5S2. The van der Waals surface area contributed by atoms with Crippen molar-refractivity contribution < 1.29 is 18.1 Å². The Morgan fingerprint density at radius 2 is 1.89 bits per heavy atom. The summed E-state index contributed by atoms with van der Waals surface area (Å²) in [6.45, 7) is 1.49. The zero-order chi connectivity index (χ0) is 20.3. The highest BCUT2D eigenvalue weighted by atomic mass is 32.2. The zero-order valence-electron chi connectivity index (χ0n) is 14.4. The van der Waals surface area contributed by atoms with Gasteiger partial charge in [0.15, 0.2) is 5.13 Å². The van der Waals surface area contributed by atoms with Crippen LogP contribution in [0.1, 0.15) is 15.9 Å². The molecule has 9 nitrogen and oxygen atoms in total. The largest absolute Gasteiger partial charge is 0.322 e. The van der Waals surface area contributed by atoms with E-state index >= 15 is 0 Å². The number of nitrogens with zero attached hydrogens (tertiary/aromatic N) is 2. The van der Waals surface area contributed by atoms with Crippen molar-refractivity contribution in [3.8, 4) is 0 Å². The lowest BCUT2D eigenvalue weighted by Gasteiger charge is -2.09. The molecule has 2 aromatic carbocycles. The molecule has 11 heteroatoms. The highest BCUT2D eigenvalue weighted by Crippen LogP contribution is 2.23. The van der Waals surface area contributed by atoms with Crippen LogP contribution >= 0.6 is 11.3 Å². The predicted octanol–water partition coefficient (Wildman–Crippen LogP) is 3.41. The Kier molecular flexibility index (Phi) is 5.38. The van der Waals surface area contributed by atoms with Crippen LogP contribution in [0.2, 0.25) is 0 Å². The monoisotopic (exact) mass is 418 g/mol. The van der Waals surface area contributed by atoms with Gasteiger partial charge in [0.05, 0.1) is 9.82 Å². The topological polar surface area (TPSA) is 131 Å². The fraction of sp³-hybridized carbons (Fsp3) is 0.0588. The molecule has 1 heterocycles. The Labute approximate surface area is 164 Å². The predicted molar refractivity (Wildman–Crippen MR) is 105 cm³/mol. The van der Waals surface area contributed by atoms with E-state index in [1.807, 2.05) is 0 Å². The van der Waals surface area contributed by atoms with E-state index in [1.54, 1.807) is 5.38 Å². The fourth-order valence-electron chi connectivity index (χ4n) is 2.43. The molecule has 28 heavy (non-hydrogen) atoms. The lowest BCUT2D eigenvalue weighted by Crippen LogP contribution is -2.15. The van der Waals surface area contributed by atoms with E-state index < -0.39 is 20.9 Å². The van der Waals surface area contributed by atoms with E-state index in [9.17, 15) is 23.3 Å². The second kappa shape index (κ2) is 7.74. The van der Waals surface area contributed by atoms with Gasteiger partial charge in [-0.15, -0.1) is 11.3 Å². The van der Waals surface area contributed by atoms with Gasteiger partial charge in [0, 0.05) is 34.5 Å². The van der Waals surface area contributed by atoms with E-state index in [4.69, 9.17) is 0 Å². The Bertz CT molecular complexity index is 1130. The molecule has 0 aliphatic rings. The average molecular weight is 418 g/mol. The summed E-state index contributed by atoms with van der Waals surface area (Å²) in [5.41, 5.74) is 0.611. The number of hydrogen-bond donors (Lipinski definition) is 2. The number of nitro groups is 1. The van der Waals surface area contributed by atoms with Crippen LogP contribution in [0, 0.1) is 17.0 Å². The molecule has 3 rings (SSSR count). The fourth-order valence-corrected chi connectivity index (χ4v) is 4.22. The van der Waals surface area contributed by atoms with Crippen LogP contribution in [0.3, 0.4) is 0 Å². The number of anilines is 2. The normalized spacial score (nSPS) is 11.0. The van der Waals surface area contributed by atoms with Crippen LogP contribution in [0.4, 0.5) is 16.5 Å². The van der Waals surface area contributed by atoms with E-state index in [1.165, 1.54) is 55.6 Å². The highest BCUT2D eigenvalue weighted by molar-refractivity contribution is 7.93. The maximum absolute atomic E-state index is 12.4. The minimum atomic E-state index is -3.79. The Balaban J connectivity index is 1.77. The van der Waals surface area contributed by atoms with E-state index in [0.717, 1.165) is 11.3 Å². The number of thiazole rings is 1. The number of nitrogens with one attached hydrogen (secondary N) is 2. The quantitative estimate of drug-likeness (QED) is 0.466. The third kappa shape index (κ3) is 4.15. The number of amides is 1. The number of rotatable bonds is 6. The molecule has 1 aromatic heterocycles. The van der Waals surface area contributed by atoms with Crippen LogP contribution in [0.5, 0.6) is 0 Å². The number of nitro benzene ring substituents is 1. The van der Waals surface area contributed by atoms with Gasteiger partial charge in [-0.1, -0.05) is 6.07 Å². The maximum Gasteiger partial charge on any atom is 0.273 e. The van der Waals surface area contributed by atoms with Crippen LogP contribution < -0.4 is 10.0 Å². The van der Waals surface area contributed by atoms with Gasteiger partial charge in [-0.25, -0.2) is 13.4 Å². The van der Waals surface area contributed by atoms with Crippen LogP contribution in [-0.4, -0.2) is 24.2 Å². The number of carbonyl (C=O) groups excluding carboxylic acids is 1. The van der Waals surface area contributed by atoms with E-state index in [0.29, 0.717) is 5.69 Å². The van der Waals surface area contributed by atoms with Crippen molar-refractivity contribution in [1.29, 1.82) is 0 Å². The van der Waals surface area contributed by atoms with Crippen LogP contribution in [0.15, 0.2) is 58.9 Å². The first-order valence-electron chi connectivity index (χ1n) is 7.85. The minimum Gasteiger partial charge on any atom is -0.322 e. The van der Waals surface area contributed by atoms with Crippen molar-refractivity contribution in [2.75, 3.05) is 10.0 Å². The summed E-state index contributed by atoms with van der Waals surface area (Å²) >= 11 is 1.15. The third-order valence-electron chi connectivity index (χ3n) is 3.82. The average Bonchev–Trinajstić information content (AvgIpc) is 3.14. The van der Waals surface area contributed by atoms with Crippen molar-refractivity contribution >= 4 is 43.8 Å².